The van der Waals surface area contributed by atoms with Crippen LogP contribution in [0.1, 0.15) is 32.1 Å². The molecule has 0 N–H and O–H groups in total. The largest absolute Gasteiger partial charge is 0.468 e. The molecule has 4 aliphatic rings. The lowest BCUT2D eigenvalue weighted by Gasteiger charge is -2.28. The van der Waals surface area contributed by atoms with Gasteiger partial charge in [-0.15, -0.1) is 11.6 Å². The van der Waals surface area contributed by atoms with Gasteiger partial charge in [0.25, 0.3) is 0 Å². The van der Waals surface area contributed by atoms with Crippen LogP contribution in [0.4, 0.5) is 0 Å². The van der Waals surface area contributed by atoms with Crippen LogP contribution in [-0.4, -0.2) is 41.2 Å². The maximum atomic E-state index is 12.2. The van der Waals surface area contributed by atoms with E-state index >= 15 is 0 Å². The summed E-state index contributed by atoms with van der Waals surface area (Å²) in [6.45, 7) is 0.883. The molecule has 0 amide bonds. The van der Waals surface area contributed by atoms with Crippen molar-refractivity contribution in [1.29, 1.82) is 0 Å². The van der Waals surface area contributed by atoms with Gasteiger partial charge in [0.2, 0.25) is 0 Å². The van der Waals surface area contributed by atoms with Gasteiger partial charge in [-0.25, -0.2) is 4.79 Å². The van der Waals surface area contributed by atoms with Crippen molar-refractivity contribution in [2.45, 2.75) is 48.6 Å². The van der Waals surface area contributed by atoms with Crippen LogP contribution in [-0.2, 0) is 14.4 Å². The Morgan fingerprint density at radius 1 is 1.53 bits per heavy atom. The molecule has 0 aromatic heterocycles. The van der Waals surface area contributed by atoms with Crippen molar-refractivity contribution in [2.75, 3.05) is 13.7 Å². The first-order valence-electron chi connectivity index (χ1n) is 6.33. The number of hydrogen-bond acceptors (Lipinski definition) is 4. The summed E-state index contributed by atoms with van der Waals surface area (Å²) in [7, 11) is 1.42. The highest BCUT2D eigenvalue weighted by Crippen LogP contribution is 2.82. The summed E-state index contributed by atoms with van der Waals surface area (Å²) in [5.74, 6) is -0.308. The van der Waals surface area contributed by atoms with Gasteiger partial charge in [0.1, 0.15) is 5.60 Å². The van der Waals surface area contributed by atoms with E-state index < -0.39 is 10.5 Å². The number of rotatable bonds is 1. The molecule has 0 radical (unpaired) electrons. The van der Waals surface area contributed by atoms with E-state index in [-0.39, 0.29) is 17.4 Å². The molecule has 0 bridgehead atoms. The molecule has 0 aromatic carbocycles. The Labute approximate surface area is 105 Å². The Bertz CT molecular complexity index is 411. The van der Waals surface area contributed by atoms with E-state index in [1.54, 1.807) is 0 Å². The third kappa shape index (κ3) is 0.946. The third-order valence-corrected chi connectivity index (χ3v) is 5.89. The summed E-state index contributed by atoms with van der Waals surface area (Å²) < 4.78 is 4.96. The molecule has 2 aliphatic carbocycles. The Balaban J connectivity index is 1.79. The van der Waals surface area contributed by atoms with Crippen molar-refractivity contribution in [3.63, 3.8) is 0 Å². The first-order valence-corrected chi connectivity index (χ1v) is 6.71. The summed E-state index contributed by atoms with van der Waals surface area (Å²) in [5.41, 5.74) is -0.271. The van der Waals surface area contributed by atoms with Gasteiger partial charge in [-0.2, -0.15) is 5.06 Å². The standard InChI is InChI=1S/C12H16ClNO3/c1-16-9(15)12(13)8-3-2-6-14(8)17-11(12)7-10(11)4-5-10/h8H,2-7H2,1H3/t8-,11?,12+/m1/s1. The summed E-state index contributed by atoms with van der Waals surface area (Å²) in [6, 6.07) is -0.00316. The Morgan fingerprint density at radius 3 is 2.88 bits per heavy atom. The molecule has 4 nitrogen and oxygen atoms in total. The second-order valence-electron chi connectivity index (χ2n) is 5.88. The molecular formula is C12H16ClNO3. The second-order valence-corrected chi connectivity index (χ2v) is 6.47. The van der Waals surface area contributed by atoms with Crippen LogP contribution in [0.2, 0.25) is 0 Å². The maximum absolute atomic E-state index is 12.2. The number of carbonyl (C=O) groups excluding carboxylic acids is 1. The predicted molar refractivity (Wildman–Crippen MR) is 60.4 cm³/mol. The van der Waals surface area contributed by atoms with E-state index in [1.807, 2.05) is 5.06 Å². The number of fused-ring (bicyclic) bond motifs is 2. The predicted octanol–water partition coefficient (Wildman–Crippen LogP) is 1.47. The average Bonchev–Trinajstić information content (AvgIpc) is 3.14. The molecule has 17 heavy (non-hydrogen) atoms. The number of nitrogens with zero attached hydrogens (tertiary/aromatic N) is 1. The molecule has 2 aliphatic heterocycles. The fraction of sp³-hybridized carbons (Fsp3) is 0.917. The third-order valence-electron chi connectivity index (χ3n) is 5.18. The van der Waals surface area contributed by atoms with Gasteiger partial charge in [0.15, 0.2) is 4.87 Å². The van der Waals surface area contributed by atoms with Gasteiger partial charge in [0.05, 0.1) is 13.2 Å². The Morgan fingerprint density at radius 2 is 2.29 bits per heavy atom. The lowest BCUT2D eigenvalue weighted by atomic mass is 9.88. The van der Waals surface area contributed by atoms with Gasteiger partial charge >= 0.3 is 5.97 Å². The van der Waals surface area contributed by atoms with Crippen molar-refractivity contribution in [2.24, 2.45) is 5.41 Å². The van der Waals surface area contributed by atoms with E-state index in [2.05, 4.69) is 0 Å². The van der Waals surface area contributed by atoms with E-state index in [9.17, 15) is 4.79 Å². The Hall–Kier alpha value is -0.320. The number of ether oxygens (including phenoxy) is 1. The fourth-order valence-corrected chi connectivity index (χ4v) is 4.64. The molecule has 94 valence electrons. The van der Waals surface area contributed by atoms with Crippen molar-refractivity contribution in [1.82, 2.24) is 5.06 Å². The zero-order chi connectivity index (χ0) is 11.9. The zero-order valence-corrected chi connectivity index (χ0v) is 10.6. The molecule has 3 atom stereocenters. The van der Waals surface area contributed by atoms with Crippen LogP contribution in [0.15, 0.2) is 0 Å². The van der Waals surface area contributed by atoms with Crippen LogP contribution >= 0.6 is 11.6 Å². The maximum Gasteiger partial charge on any atom is 0.331 e. The summed E-state index contributed by atoms with van der Waals surface area (Å²) >= 11 is 6.76. The SMILES string of the molecule is COC(=O)[C@@]1(Cl)[C@H]2CCCN2OC12CC21CC1. The van der Waals surface area contributed by atoms with Crippen molar-refractivity contribution >= 4 is 17.6 Å². The minimum Gasteiger partial charge on any atom is -0.468 e. The number of halogens is 1. The van der Waals surface area contributed by atoms with Crippen molar-refractivity contribution in [3.8, 4) is 0 Å². The lowest BCUT2D eigenvalue weighted by Crippen LogP contribution is -2.52. The number of methoxy groups -OCH3 is 1. The number of hydrogen-bond donors (Lipinski definition) is 0. The quantitative estimate of drug-likeness (QED) is 0.527. The normalized spacial score (nSPS) is 49.6. The van der Waals surface area contributed by atoms with E-state index in [0.29, 0.717) is 0 Å². The monoisotopic (exact) mass is 257 g/mol. The molecular weight excluding hydrogens is 242 g/mol. The molecule has 4 rings (SSSR count). The van der Waals surface area contributed by atoms with Crippen LogP contribution in [0.3, 0.4) is 0 Å². The topological polar surface area (TPSA) is 38.8 Å². The minimum absolute atomic E-state index is 0.00316. The number of esters is 1. The molecule has 5 heteroatoms. The Kier molecular flexibility index (Phi) is 1.75. The summed E-state index contributed by atoms with van der Waals surface area (Å²) in [6.07, 6.45) is 5.17. The molecule has 4 fully saturated rings. The number of hydroxylamine groups is 2. The number of carbonyl (C=O) groups is 1. The van der Waals surface area contributed by atoms with Gasteiger partial charge in [-0.3, -0.25) is 4.84 Å². The highest BCUT2D eigenvalue weighted by Gasteiger charge is 2.90. The van der Waals surface area contributed by atoms with Crippen molar-refractivity contribution < 1.29 is 14.4 Å². The minimum atomic E-state index is -0.977. The molecule has 0 aromatic rings. The second kappa shape index (κ2) is 2.81. The highest BCUT2D eigenvalue weighted by atomic mass is 35.5. The van der Waals surface area contributed by atoms with Gasteiger partial charge in [-0.1, -0.05) is 0 Å². The first kappa shape index (κ1) is 10.6. The van der Waals surface area contributed by atoms with E-state index in [0.717, 1.165) is 38.6 Å². The van der Waals surface area contributed by atoms with Crippen LogP contribution in [0.25, 0.3) is 0 Å². The first-order chi connectivity index (χ1) is 8.10. The van der Waals surface area contributed by atoms with Gasteiger partial charge in [-0.05, 0) is 32.1 Å². The molecule has 2 spiro atoms. The number of alkyl halides is 1. The average molecular weight is 258 g/mol. The smallest absolute Gasteiger partial charge is 0.331 e. The van der Waals surface area contributed by atoms with Crippen molar-refractivity contribution in [3.05, 3.63) is 0 Å². The molecule has 2 saturated heterocycles. The van der Waals surface area contributed by atoms with Crippen LogP contribution in [0, 0.1) is 5.41 Å². The van der Waals surface area contributed by atoms with E-state index in [1.165, 1.54) is 7.11 Å². The molecule has 2 saturated carbocycles. The fourth-order valence-electron chi connectivity index (χ4n) is 4.04. The summed E-state index contributed by atoms with van der Waals surface area (Å²) in [4.78, 5) is 17.3. The highest BCUT2D eigenvalue weighted by molar-refractivity contribution is 6.36. The molecule has 2 heterocycles. The summed E-state index contributed by atoms with van der Waals surface area (Å²) in [5, 5.41) is 1.94. The molecule has 1 unspecified atom stereocenters. The van der Waals surface area contributed by atoms with Gasteiger partial charge < -0.3 is 4.74 Å². The van der Waals surface area contributed by atoms with Crippen LogP contribution < -0.4 is 0 Å². The zero-order valence-electron chi connectivity index (χ0n) is 9.87. The van der Waals surface area contributed by atoms with E-state index in [4.69, 9.17) is 21.2 Å². The van der Waals surface area contributed by atoms with Crippen LogP contribution in [0.5, 0.6) is 0 Å². The lowest BCUT2D eigenvalue weighted by molar-refractivity contribution is -0.169. The van der Waals surface area contributed by atoms with Gasteiger partial charge in [0, 0.05) is 12.0 Å².